The first kappa shape index (κ1) is 50.9. The van der Waals surface area contributed by atoms with Crippen LogP contribution in [0, 0.1) is 0 Å². The molecule has 9 rings (SSSR count). The van der Waals surface area contributed by atoms with Crippen LogP contribution in [-0.2, 0) is 29.0 Å². The highest BCUT2D eigenvalue weighted by molar-refractivity contribution is 6.32. The van der Waals surface area contributed by atoms with Gasteiger partial charge >= 0.3 is 11.9 Å². The zero-order valence-corrected chi connectivity index (χ0v) is 40.6. The molecule has 2 N–H and O–H groups in total. The van der Waals surface area contributed by atoms with Crippen molar-refractivity contribution in [1.29, 1.82) is 0 Å². The van der Waals surface area contributed by atoms with Gasteiger partial charge in [-0.25, -0.2) is 14.6 Å². The van der Waals surface area contributed by atoms with E-state index in [-0.39, 0.29) is 30.8 Å². The molecule has 5 aromatic carbocycles. The summed E-state index contributed by atoms with van der Waals surface area (Å²) in [5.41, 5.74) is 11.1. The van der Waals surface area contributed by atoms with Crippen LogP contribution < -0.4 is 4.74 Å². The monoisotopic (exact) mass is 975 g/mol. The zero-order chi connectivity index (χ0) is 49.1. The van der Waals surface area contributed by atoms with E-state index in [1.807, 2.05) is 123 Å². The maximum atomic E-state index is 12.9. The fourth-order valence-corrected chi connectivity index (χ4v) is 8.34. The number of aromatic nitrogens is 11. The minimum absolute atomic E-state index is 0. The van der Waals surface area contributed by atoms with Gasteiger partial charge in [-0.1, -0.05) is 136 Å². The first-order chi connectivity index (χ1) is 34.0. The standard InChI is InChI=1S/C28H27N5O3.C25H27ClN6O2.CH4/c1-4-35-28-30-24-11-7-10-23(27(34)36-18(2)3)26(24)33(28)17-19-12-14-20(15-13-19)21-8-5-6-9-22(21)25-16-29-32-31-25;1-4-5-10-21-27-23(26)22(25(33)34-16(2)3)32(21)15-17-11-13-18(14-12-17)19-8-6-7-9-20(19)24-28-30-31-29-24;/h5-16,18H,4,17H2,1-3H3,(H,29,31,32);6-9,11-14,16H,4-5,10,15H2,1-3H3,(H,28,29,30,31);1H4. The van der Waals surface area contributed by atoms with Gasteiger partial charge in [-0.3, -0.25) is 4.57 Å². The topological polar surface area (TPSA) is 194 Å². The number of esters is 2. The first-order valence-corrected chi connectivity index (χ1v) is 23.7. The number of tetrazole rings is 1. The summed E-state index contributed by atoms with van der Waals surface area (Å²) in [6.45, 7) is 12.8. The number of fused-ring (bicyclic) bond motifs is 1. The second-order valence-corrected chi connectivity index (χ2v) is 17.3. The maximum absolute atomic E-state index is 12.9. The molecule has 16 nitrogen and oxygen atoms in total. The Morgan fingerprint density at radius 3 is 1.86 bits per heavy atom. The fourth-order valence-electron chi connectivity index (χ4n) is 8.06. The second-order valence-electron chi connectivity index (χ2n) is 16.9. The van der Waals surface area contributed by atoms with Crippen LogP contribution in [0.4, 0.5) is 0 Å². The van der Waals surface area contributed by atoms with Crippen molar-refractivity contribution in [2.75, 3.05) is 6.61 Å². The highest BCUT2D eigenvalue weighted by Gasteiger charge is 2.25. The molecule has 9 aromatic rings. The second kappa shape index (κ2) is 23.6. The summed E-state index contributed by atoms with van der Waals surface area (Å²) in [5, 5.41) is 25.5. The summed E-state index contributed by atoms with van der Waals surface area (Å²) >= 11 is 6.39. The molecule has 0 spiro atoms. The lowest BCUT2D eigenvalue weighted by Crippen LogP contribution is -2.18. The van der Waals surface area contributed by atoms with E-state index in [2.05, 4.69) is 83.3 Å². The minimum Gasteiger partial charge on any atom is -0.465 e. The molecule has 0 unspecified atom stereocenters. The van der Waals surface area contributed by atoms with Gasteiger partial charge in [0.15, 0.2) is 10.8 Å². The van der Waals surface area contributed by atoms with E-state index >= 15 is 0 Å². The van der Waals surface area contributed by atoms with Gasteiger partial charge in [-0.15, -0.1) is 10.2 Å². The van der Waals surface area contributed by atoms with Gasteiger partial charge in [0, 0.05) is 24.1 Å². The van der Waals surface area contributed by atoms with E-state index in [4.69, 9.17) is 25.8 Å². The number of benzene rings is 5. The third kappa shape index (κ3) is 11.9. The van der Waals surface area contributed by atoms with Crippen molar-refractivity contribution in [2.45, 2.75) is 93.5 Å². The molecule has 0 aliphatic rings. The first-order valence-electron chi connectivity index (χ1n) is 23.3. The lowest BCUT2D eigenvalue weighted by atomic mass is 9.97. The van der Waals surface area contributed by atoms with Gasteiger partial charge in [-0.2, -0.15) is 25.6 Å². The van der Waals surface area contributed by atoms with Crippen LogP contribution in [0.2, 0.25) is 5.15 Å². The Morgan fingerprint density at radius 1 is 0.676 bits per heavy atom. The Labute approximate surface area is 417 Å². The fraction of sp³-hybridized carbons (Fsp3) is 0.278. The molecule has 0 saturated carbocycles. The number of para-hydroxylation sites is 1. The van der Waals surface area contributed by atoms with Crippen molar-refractivity contribution < 1.29 is 23.8 Å². The van der Waals surface area contributed by atoms with Gasteiger partial charge in [0.1, 0.15) is 11.5 Å². The summed E-state index contributed by atoms with van der Waals surface area (Å²) < 4.78 is 20.6. The number of hydrogen-bond donors (Lipinski definition) is 2. The van der Waals surface area contributed by atoms with Gasteiger partial charge in [0.05, 0.1) is 48.2 Å². The molecule has 4 heterocycles. The van der Waals surface area contributed by atoms with Gasteiger partial charge in [0.2, 0.25) is 5.82 Å². The van der Waals surface area contributed by atoms with Crippen LogP contribution in [-0.4, -0.2) is 85.9 Å². The van der Waals surface area contributed by atoms with Crippen LogP contribution in [0.25, 0.3) is 55.9 Å². The van der Waals surface area contributed by atoms with Gasteiger partial charge in [-0.05, 0) is 91.8 Å². The highest BCUT2D eigenvalue weighted by Crippen LogP contribution is 2.33. The summed E-state index contributed by atoms with van der Waals surface area (Å²) in [6.07, 6.45) is 3.96. The highest BCUT2D eigenvalue weighted by atomic mass is 35.5. The molecular formula is C54H58ClN11O5. The predicted octanol–water partition coefficient (Wildman–Crippen LogP) is 11.5. The number of carbonyl (C=O) groups excluding carboxylic acids is 2. The number of rotatable bonds is 17. The summed E-state index contributed by atoms with van der Waals surface area (Å²) in [6, 6.07) is 38.4. The van der Waals surface area contributed by atoms with Crippen molar-refractivity contribution in [1.82, 2.24) is 55.1 Å². The van der Waals surface area contributed by atoms with Gasteiger partial charge < -0.3 is 18.8 Å². The Balaban J connectivity index is 0.000000206. The summed E-state index contributed by atoms with van der Waals surface area (Å²) in [4.78, 5) is 34.8. The molecule has 4 aromatic heterocycles. The Morgan fingerprint density at radius 2 is 1.28 bits per heavy atom. The van der Waals surface area contributed by atoms with Crippen LogP contribution in [0.15, 0.2) is 121 Å². The van der Waals surface area contributed by atoms with Crippen LogP contribution in [0.3, 0.4) is 0 Å². The van der Waals surface area contributed by atoms with E-state index < -0.39 is 5.97 Å². The molecule has 366 valence electrons. The minimum atomic E-state index is -0.457. The molecule has 0 amide bonds. The van der Waals surface area contributed by atoms with Crippen molar-refractivity contribution >= 4 is 34.6 Å². The molecule has 0 bridgehead atoms. The molecule has 71 heavy (non-hydrogen) atoms. The third-order valence-electron chi connectivity index (χ3n) is 11.2. The smallest absolute Gasteiger partial charge is 0.358 e. The molecule has 0 aliphatic heterocycles. The Bertz CT molecular complexity index is 3160. The van der Waals surface area contributed by atoms with Crippen molar-refractivity contribution in [3.05, 3.63) is 155 Å². The lowest BCUT2D eigenvalue weighted by Gasteiger charge is -2.14. The summed E-state index contributed by atoms with van der Waals surface area (Å²) in [5.74, 6) is 0.496. The number of halogens is 1. The largest absolute Gasteiger partial charge is 0.465 e. The van der Waals surface area contributed by atoms with Crippen molar-refractivity contribution in [3.63, 3.8) is 0 Å². The number of unbranched alkanes of at least 4 members (excludes halogenated alkanes) is 1. The quantitative estimate of drug-likeness (QED) is 0.0821. The number of hydrogen-bond acceptors (Lipinski definition) is 12. The van der Waals surface area contributed by atoms with E-state index in [1.54, 1.807) is 12.3 Å². The number of H-pyrrole nitrogens is 2. The van der Waals surface area contributed by atoms with E-state index in [9.17, 15) is 9.59 Å². The van der Waals surface area contributed by atoms with E-state index in [1.165, 1.54) is 0 Å². The Kier molecular flexibility index (Phi) is 16.9. The summed E-state index contributed by atoms with van der Waals surface area (Å²) in [7, 11) is 0. The maximum Gasteiger partial charge on any atom is 0.358 e. The number of aromatic amines is 2. The SMILES string of the molecule is C.CCCCc1nc(Cl)c(C(=O)OC(C)C)n1Cc1ccc(-c2ccccc2-c2nn[nH]n2)cc1.CCOc1nc2cccc(C(=O)OC(C)C)c2n1Cc1ccc(-c2ccccc2-c2cn[nH]n2)cc1. The van der Waals surface area contributed by atoms with E-state index in [0.717, 1.165) is 75.3 Å². The number of ether oxygens (including phenoxy) is 3. The number of aryl methyl sites for hydroxylation is 1. The number of nitrogens with zero attached hydrogens (tertiary/aromatic N) is 9. The third-order valence-corrected chi connectivity index (χ3v) is 11.5. The predicted molar refractivity (Wildman–Crippen MR) is 275 cm³/mol. The molecule has 0 atom stereocenters. The normalized spacial score (nSPS) is 11.1. The zero-order valence-electron chi connectivity index (χ0n) is 39.9. The molecule has 0 radical (unpaired) electrons. The average Bonchev–Trinajstić information content (AvgIpc) is 4.20. The van der Waals surface area contributed by atoms with Crippen LogP contribution >= 0.6 is 11.6 Å². The van der Waals surface area contributed by atoms with Gasteiger partial charge in [0.25, 0.3) is 6.01 Å². The van der Waals surface area contributed by atoms with E-state index in [0.29, 0.717) is 53.8 Å². The van der Waals surface area contributed by atoms with Crippen molar-refractivity contribution in [2.24, 2.45) is 0 Å². The molecule has 0 saturated heterocycles. The lowest BCUT2D eigenvalue weighted by molar-refractivity contribution is 0.0359. The molecule has 17 heteroatoms. The number of nitrogens with one attached hydrogen (secondary N) is 2. The average molecular weight is 977 g/mol. The number of imidazole rings is 2. The van der Waals surface area contributed by atoms with Crippen LogP contribution in [0.1, 0.15) is 99.6 Å². The molecular weight excluding hydrogens is 918 g/mol. The number of carbonyl (C=O) groups is 2. The van der Waals surface area contributed by atoms with Crippen LogP contribution in [0.5, 0.6) is 6.01 Å². The van der Waals surface area contributed by atoms with Crippen molar-refractivity contribution in [3.8, 4) is 50.9 Å². The molecule has 0 fully saturated rings. The molecule has 0 aliphatic carbocycles. The Hall–Kier alpha value is -7.98.